The van der Waals surface area contributed by atoms with Crippen molar-refractivity contribution in [2.75, 3.05) is 38.5 Å². The van der Waals surface area contributed by atoms with Crippen LogP contribution in [0.3, 0.4) is 0 Å². The van der Waals surface area contributed by atoms with E-state index in [1.165, 1.54) is 17.1 Å². The third-order valence-electron chi connectivity index (χ3n) is 5.80. The third-order valence-corrected chi connectivity index (χ3v) is 6.78. The maximum atomic E-state index is 12.0. The smallest absolute Gasteiger partial charge is 0.341 e. The van der Waals surface area contributed by atoms with Gasteiger partial charge in [-0.15, -0.1) is 0 Å². The van der Waals surface area contributed by atoms with Gasteiger partial charge in [-0.2, -0.15) is 0 Å². The fourth-order valence-corrected chi connectivity index (χ4v) is 5.04. The summed E-state index contributed by atoms with van der Waals surface area (Å²) in [5, 5.41) is 32.0. The molecule has 0 aliphatic carbocycles. The van der Waals surface area contributed by atoms with Gasteiger partial charge in [0.15, 0.2) is 5.43 Å². The summed E-state index contributed by atoms with van der Waals surface area (Å²) >= 11 is 9.92. The molecule has 1 fully saturated rings. The first-order valence-corrected chi connectivity index (χ1v) is 11.5. The topological polar surface area (TPSA) is 121 Å². The third kappa shape index (κ3) is 5.20. The van der Waals surface area contributed by atoms with Crippen molar-refractivity contribution in [1.82, 2.24) is 4.68 Å². The Balaban J connectivity index is 2.07. The Labute approximate surface area is 204 Å². The molecule has 1 aliphatic heterocycles. The van der Waals surface area contributed by atoms with Crippen molar-refractivity contribution >= 4 is 33.5 Å². The van der Waals surface area contributed by atoms with Crippen LogP contribution in [0, 0.1) is 0 Å². The maximum Gasteiger partial charge on any atom is 0.341 e. The van der Waals surface area contributed by atoms with Gasteiger partial charge in [0, 0.05) is 43.1 Å². The second kappa shape index (κ2) is 10.9. The molecule has 0 bridgehead atoms. The number of hydrogen-bond donors (Lipinski definition) is 3. The summed E-state index contributed by atoms with van der Waals surface area (Å²) in [7, 11) is 1.61. The summed E-state index contributed by atoms with van der Waals surface area (Å²) in [6, 6.07) is 4.27. The van der Waals surface area contributed by atoms with Crippen LogP contribution in [-0.4, -0.2) is 65.0 Å². The number of halogens is 2. The lowest BCUT2D eigenvalue weighted by molar-refractivity contribution is 0.0693. The zero-order valence-electron chi connectivity index (χ0n) is 18.0. The van der Waals surface area contributed by atoms with Gasteiger partial charge in [0.05, 0.1) is 30.9 Å². The number of hydrogen-bond acceptors (Lipinski definition) is 7. The van der Waals surface area contributed by atoms with E-state index in [0.29, 0.717) is 47.7 Å². The highest BCUT2D eigenvalue weighted by molar-refractivity contribution is 9.10. The molecule has 3 N–H and O–H groups in total. The van der Waals surface area contributed by atoms with E-state index in [4.69, 9.17) is 21.1 Å². The van der Waals surface area contributed by atoms with Crippen LogP contribution in [0.15, 0.2) is 39.9 Å². The number of carbonyl (C=O) groups is 1. The predicted octanol–water partition coefficient (Wildman–Crippen LogP) is 2.57. The summed E-state index contributed by atoms with van der Waals surface area (Å²) in [6.45, 7) is 0.202. The summed E-state index contributed by atoms with van der Waals surface area (Å²) in [5.74, 6) is -0.884. The van der Waals surface area contributed by atoms with Gasteiger partial charge in [-0.05, 0) is 30.5 Å². The van der Waals surface area contributed by atoms with Crippen LogP contribution in [0.1, 0.15) is 41.2 Å². The Morgan fingerprint density at radius 1 is 1.30 bits per heavy atom. The summed E-state index contributed by atoms with van der Waals surface area (Å²) in [4.78, 5) is 23.5. The van der Waals surface area contributed by atoms with Gasteiger partial charge in [-0.3, -0.25) is 14.5 Å². The molecule has 180 valence electrons. The monoisotopic (exact) mass is 544 g/mol. The highest BCUT2D eigenvalue weighted by Crippen LogP contribution is 2.45. The molecule has 2 aromatic rings. The number of aromatic nitrogens is 1. The molecule has 0 amide bonds. The van der Waals surface area contributed by atoms with Gasteiger partial charge in [0.25, 0.3) is 0 Å². The van der Waals surface area contributed by atoms with E-state index in [1.807, 2.05) is 0 Å². The second-order valence-corrected chi connectivity index (χ2v) is 9.11. The van der Waals surface area contributed by atoms with E-state index in [-0.39, 0.29) is 19.3 Å². The van der Waals surface area contributed by atoms with E-state index in [9.17, 15) is 24.9 Å². The number of rotatable bonds is 10. The van der Waals surface area contributed by atoms with Gasteiger partial charge in [-0.1, -0.05) is 27.5 Å². The van der Waals surface area contributed by atoms with Gasteiger partial charge >= 0.3 is 5.97 Å². The predicted molar refractivity (Wildman–Crippen MR) is 126 cm³/mol. The molecule has 0 spiro atoms. The molecule has 1 aliphatic rings. The number of ether oxygens (including phenoxy) is 2. The SMILES string of the molecule is COCCCOc1cc(C2CCC(CO)(CO)N2n2ccc(=O)c(C(=O)O)c2)c(Br)cc1Cl. The van der Waals surface area contributed by atoms with Crippen LogP contribution in [0.4, 0.5) is 0 Å². The minimum Gasteiger partial charge on any atom is -0.492 e. The lowest BCUT2D eigenvalue weighted by atomic mass is 9.99. The van der Waals surface area contributed by atoms with E-state index in [0.717, 1.165) is 11.6 Å². The molecule has 3 rings (SSSR count). The Morgan fingerprint density at radius 2 is 2.03 bits per heavy atom. The number of aromatic carboxylic acids is 1. The van der Waals surface area contributed by atoms with Crippen LogP contribution in [-0.2, 0) is 4.74 Å². The Kier molecular flexibility index (Phi) is 8.41. The van der Waals surface area contributed by atoms with Crippen LogP contribution in [0.5, 0.6) is 5.75 Å². The van der Waals surface area contributed by atoms with Gasteiger partial charge < -0.3 is 24.8 Å². The number of carboxylic acids is 1. The van der Waals surface area contributed by atoms with Gasteiger partial charge in [-0.25, -0.2) is 4.79 Å². The molecule has 9 nitrogen and oxygen atoms in total. The molecule has 1 atom stereocenters. The van der Waals surface area contributed by atoms with Crippen LogP contribution in [0.2, 0.25) is 5.02 Å². The molecule has 0 radical (unpaired) electrons. The molecule has 33 heavy (non-hydrogen) atoms. The number of nitrogens with zero attached hydrogens (tertiary/aromatic N) is 2. The average molecular weight is 546 g/mol. The van der Waals surface area contributed by atoms with Crippen molar-refractivity contribution in [1.29, 1.82) is 0 Å². The minimum absolute atomic E-state index is 0.375. The first-order valence-electron chi connectivity index (χ1n) is 10.4. The minimum atomic E-state index is -1.36. The second-order valence-electron chi connectivity index (χ2n) is 7.85. The molecular formula is C22H26BrClN2O7. The first-order chi connectivity index (χ1) is 15.8. The lowest BCUT2D eigenvalue weighted by Gasteiger charge is -2.42. The normalized spacial score (nSPS) is 17.4. The van der Waals surface area contributed by atoms with Gasteiger partial charge in [0.1, 0.15) is 16.9 Å². The highest BCUT2D eigenvalue weighted by atomic mass is 79.9. The van der Waals surface area contributed by atoms with Crippen molar-refractivity contribution in [3.05, 3.63) is 61.4 Å². The number of carboxylic acid groups (broad SMARTS) is 1. The number of methoxy groups -OCH3 is 1. The largest absolute Gasteiger partial charge is 0.492 e. The number of pyridine rings is 1. The summed E-state index contributed by atoms with van der Waals surface area (Å²) in [6.07, 6.45) is 4.28. The van der Waals surface area contributed by atoms with Crippen molar-refractivity contribution < 1.29 is 29.6 Å². The standard InChI is InChI=1S/C22H26BrClN2O7/c1-32-7-2-8-33-20-9-14(16(23)10-17(20)24)18-3-5-22(12-27,13-28)26(18)25-6-4-19(29)15(11-25)21(30)31/h4,6,9-11,18,27-28H,2-3,5,7-8,12-13H2,1H3,(H,30,31). The highest BCUT2D eigenvalue weighted by Gasteiger charge is 2.47. The van der Waals surface area contributed by atoms with Gasteiger partial charge in [0.2, 0.25) is 0 Å². The lowest BCUT2D eigenvalue weighted by Crippen LogP contribution is -2.56. The summed E-state index contributed by atoms with van der Waals surface area (Å²) < 4.78 is 13.0. The number of benzene rings is 1. The van der Waals surface area contributed by atoms with Crippen molar-refractivity contribution in [2.45, 2.75) is 30.8 Å². The molecule has 1 aromatic carbocycles. The van der Waals surface area contributed by atoms with E-state index < -0.39 is 22.5 Å². The van der Waals surface area contributed by atoms with Crippen LogP contribution < -0.4 is 15.2 Å². The van der Waals surface area contributed by atoms with E-state index in [2.05, 4.69) is 15.9 Å². The number of aliphatic hydroxyl groups is 2. The molecule has 1 aromatic heterocycles. The molecule has 1 saturated heterocycles. The quantitative estimate of drug-likeness (QED) is 0.390. The van der Waals surface area contributed by atoms with Crippen LogP contribution >= 0.6 is 27.5 Å². The molecule has 0 saturated carbocycles. The zero-order valence-corrected chi connectivity index (χ0v) is 20.4. The van der Waals surface area contributed by atoms with E-state index >= 15 is 0 Å². The number of aliphatic hydroxyl groups excluding tert-OH is 2. The Morgan fingerprint density at radius 3 is 2.67 bits per heavy atom. The van der Waals surface area contributed by atoms with Crippen molar-refractivity contribution in [3.63, 3.8) is 0 Å². The molecule has 1 unspecified atom stereocenters. The molecular weight excluding hydrogens is 520 g/mol. The summed E-state index contributed by atoms with van der Waals surface area (Å²) in [5.41, 5.74) is -1.34. The Hall–Kier alpha value is -2.11. The average Bonchev–Trinajstić information content (AvgIpc) is 3.18. The fourth-order valence-electron chi connectivity index (χ4n) is 4.08. The Bertz CT molecular complexity index is 1060. The first kappa shape index (κ1) is 25.5. The maximum absolute atomic E-state index is 12.0. The van der Waals surface area contributed by atoms with Crippen molar-refractivity contribution in [2.24, 2.45) is 0 Å². The molecule has 11 heteroatoms. The fraction of sp³-hybridized carbons (Fsp3) is 0.455. The van der Waals surface area contributed by atoms with E-state index in [1.54, 1.807) is 24.3 Å². The van der Waals surface area contributed by atoms with Crippen molar-refractivity contribution in [3.8, 4) is 5.75 Å². The van der Waals surface area contributed by atoms with Crippen LogP contribution in [0.25, 0.3) is 0 Å². The molecule has 2 heterocycles. The zero-order chi connectivity index (χ0) is 24.2.